The number of carboxylic acids is 1. The summed E-state index contributed by atoms with van der Waals surface area (Å²) >= 11 is 0. The van der Waals surface area contributed by atoms with E-state index in [-0.39, 0.29) is 11.3 Å². The minimum absolute atomic E-state index is 0.124. The number of aromatic hydroxyl groups is 1. The van der Waals surface area contributed by atoms with Gasteiger partial charge in [0.15, 0.2) is 5.56 Å². The van der Waals surface area contributed by atoms with Crippen LogP contribution in [0, 0.1) is 11.7 Å². The highest BCUT2D eigenvalue weighted by molar-refractivity contribution is 5.98. The Kier molecular flexibility index (Phi) is 5.45. The molecule has 2 aromatic heterocycles. The van der Waals surface area contributed by atoms with Crippen molar-refractivity contribution in [1.29, 1.82) is 0 Å². The number of hydrogen-bond acceptors (Lipinski definition) is 4. The SMILES string of the molecule is Cn1c(CNCC2CC2)cc2cc(-c3[nH]c(=O)c(C(=O)O)c(O)c3-c3ccc(F)cc3)ccc21. The minimum atomic E-state index is -1.55. The van der Waals surface area contributed by atoms with Gasteiger partial charge >= 0.3 is 5.97 Å². The third kappa shape index (κ3) is 3.97. The normalized spacial score (nSPS) is 13.5. The van der Waals surface area contributed by atoms with E-state index in [2.05, 4.69) is 20.9 Å². The number of carboxylic acid groups (broad SMARTS) is 1. The van der Waals surface area contributed by atoms with Crippen molar-refractivity contribution in [3.05, 3.63) is 76.0 Å². The predicted octanol–water partition coefficient (Wildman–Crippen LogP) is 4.24. The molecule has 0 amide bonds. The number of benzene rings is 2. The zero-order valence-electron chi connectivity index (χ0n) is 18.6. The van der Waals surface area contributed by atoms with Crippen molar-refractivity contribution >= 4 is 16.9 Å². The highest BCUT2D eigenvalue weighted by Crippen LogP contribution is 2.39. The Balaban J connectivity index is 1.63. The fourth-order valence-electron chi connectivity index (χ4n) is 4.36. The van der Waals surface area contributed by atoms with Gasteiger partial charge in [0, 0.05) is 35.8 Å². The van der Waals surface area contributed by atoms with E-state index in [0.717, 1.165) is 35.6 Å². The number of nitrogens with one attached hydrogen (secondary N) is 2. The van der Waals surface area contributed by atoms with Crippen molar-refractivity contribution in [2.24, 2.45) is 13.0 Å². The lowest BCUT2D eigenvalue weighted by atomic mass is 9.96. The second-order valence-electron chi connectivity index (χ2n) is 8.78. The second-order valence-corrected chi connectivity index (χ2v) is 8.78. The first kappa shape index (κ1) is 21.9. The van der Waals surface area contributed by atoms with Crippen LogP contribution in [0.2, 0.25) is 0 Å². The molecule has 0 saturated heterocycles. The van der Waals surface area contributed by atoms with E-state index >= 15 is 0 Å². The fraction of sp³-hybridized carbons (Fsp3) is 0.231. The van der Waals surface area contributed by atoms with Gasteiger partial charge in [-0.05, 0) is 66.8 Å². The first-order valence-corrected chi connectivity index (χ1v) is 11.1. The molecule has 0 unspecified atom stereocenters. The Morgan fingerprint density at radius 2 is 1.85 bits per heavy atom. The van der Waals surface area contributed by atoms with Crippen LogP contribution in [-0.4, -0.2) is 32.3 Å². The number of rotatable bonds is 7. The first-order valence-electron chi connectivity index (χ1n) is 11.1. The molecular formula is C26H24FN3O4. The molecule has 4 aromatic rings. The van der Waals surface area contributed by atoms with Crippen molar-refractivity contribution in [1.82, 2.24) is 14.9 Å². The molecule has 2 heterocycles. The van der Waals surface area contributed by atoms with Gasteiger partial charge in [-0.2, -0.15) is 0 Å². The van der Waals surface area contributed by atoms with Crippen LogP contribution in [0.3, 0.4) is 0 Å². The van der Waals surface area contributed by atoms with Crippen LogP contribution in [0.25, 0.3) is 33.3 Å². The van der Waals surface area contributed by atoms with Gasteiger partial charge in [-0.3, -0.25) is 4.79 Å². The number of halogens is 1. The maximum absolute atomic E-state index is 13.5. The lowest BCUT2D eigenvalue weighted by molar-refractivity contribution is 0.0692. The topological polar surface area (TPSA) is 107 Å². The lowest BCUT2D eigenvalue weighted by Crippen LogP contribution is -2.19. The average Bonchev–Trinajstić information content (AvgIpc) is 3.57. The summed E-state index contributed by atoms with van der Waals surface area (Å²) in [5, 5.41) is 24.7. The van der Waals surface area contributed by atoms with Crippen molar-refractivity contribution in [3.63, 3.8) is 0 Å². The largest absolute Gasteiger partial charge is 0.506 e. The summed E-state index contributed by atoms with van der Waals surface area (Å²) in [7, 11) is 2.00. The summed E-state index contributed by atoms with van der Waals surface area (Å²) in [5.74, 6) is -1.89. The maximum Gasteiger partial charge on any atom is 0.345 e. The molecule has 1 fully saturated rings. The van der Waals surface area contributed by atoms with Crippen LogP contribution >= 0.6 is 0 Å². The Hall–Kier alpha value is -3.91. The Morgan fingerprint density at radius 1 is 1.15 bits per heavy atom. The third-order valence-corrected chi connectivity index (χ3v) is 6.40. The number of carbonyl (C=O) groups is 1. The minimum Gasteiger partial charge on any atom is -0.506 e. The molecule has 1 aliphatic rings. The van der Waals surface area contributed by atoms with Gasteiger partial charge in [0.05, 0.1) is 5.69 Å². The van der Waals surface area contributed by atoms with Gasteiger partial charge in [-0.1, -0.05) is 18.2 Å². The van der Waals surface area contributed by atoms with E-state index in [9.17, 15) is 24.2 Å². The van der Waals surface area contributed by atoms with Gasteiger partial charge in [0.25, 0.3) is 5.56 Å². The summed E-state index contributed by atoms with van der Waals surface area (Å²) in [6.45, 7) is 1.74. The van der Waals surface area contributed by atoms with Crippen LogP contribution in [0.5, 0.6) is 5.75 Å². The molecule has 4 N–H and O–H groups in total. The van der Waals surface area contributed by atoms with Gasteiger partial charge in [0.2, 0.25) is 0 Å². The molecule has 2 aromatic carbocycles. The monoisotopic (exact) mass is 461 g/mol. The zero-order chi connectivity index (χ0) is 24.0. The molecule has 7 nitrogen and oxygen atoms in total. The van der Waals surface area contributed by atoms with Crippen LogP contribution in [-0.2, 0) is 13.6 Å². The molecule has 8 heteroatoms. The molecule has 34 heavy (non-hydrogen) atoms. The van der Waals surface area contributed by atoms with E-state index in [0.29, 0.717) is 11.1 Å². The van der Waals surface area contributed by atoms with Crippen molar-refractivity contribution in [3.8, 4) is 28.1 Å². The van der Waals surface area contributed by atoms with Crippen LogP contribution < -0.4 is 10.9 Å². The zero-order valence-corrected chi connectivity index (χ0v) is 18.6. The third-order valence-electron chi connectivity index (χ3n) is 6.40. The highest BCUT2D eigenvalue weighted by atomic mass is 19.1. The van der Waals surface area contributed by atoms with Crippen molar-refractivity contribution < 1.29 is 19.4 Å². The lowest BCUT2D eigenvalue weighted by Gasteiger charge is -2.14. The summed E-state index contributed by atoms with van der Waals surface area (Å²) in [6, 6.07) is 13.0. The molecule has 0 spiro atoms. The number of nitrogens with zero attached hydrogens (tertiary/aromatic N) is 1. The number of aromatic amines is 1. The molecule has 0 bridgehead atoms. The molecule has 0 atom stereocenters. The first-order chi connectivity index (χ1) is 16.3. The van der Waals surface area contributed by atoms with Crippen LogP contribution in [0.4, 0.5) is 4.39 Å². The molecule has 174 valence electrons. The van der Waals surface area contributed by atoms with Crippen LogP contribution in [0.1, 0.15) is 28.9 Å². The molecule has 0 aliphatic heterocycles. The second kappa shape index (κ2) is 8.46. The van der Waals surface area contributed by atoms with Crippen molar-refractivity contribution in [2.75, 3.05) is 6.54 Å². The number of fused-ring (bicyclic) bond motifs is 1. The van der Waals surface area contributed by atoms with E-state index in [4.69, 9.17) is 0 Å². The predicted molar refractivity (Wildman–Crippen MR) is 127 cm³/mol. The Labute approximate surface area is 194 Å². The number of aromatic carboxylic acids is 1. The average molecular weight is 461 g/mol. The molecule has 1 aliphatic carbocycles. The van der Waals surface area contributed by atoms with Gasteiger partial charge < -0.3 is 25.1 Å². The maximum atomic E-state index is 13.5. The quantitative estimate of drug-likeness (QED) is 0.329. The highest BCUT2D eigenvalue weighted by Gasteiger charge is 2.24. The number of pyridine rings is 1. The Morgan fingerprint density at radius 3 is 2.53 bits per heavy atom. The Bertz CT molecular complexity index is 1470. The summed E-state index contributed by atoms with van der Waals surface area (Å²) in [4.78, 5) is 26.8. The van der Waals surface area contributed by atoms with E-state index in [1.54, 1.807) is 0 Å². The van der Waals surface area contributed by atoms with E-state index in [1.807, 2.05) is 25.2 Å². The number of hydrogen-bond donors (Lipinski definition) is 4. The van der Waals surface area contributed by atoms with Gasteiger partial charge in [-0.15, -0.1) is 0 Å². The van der Waals surface area contributed by atoms with Gasteiger partial charge in [0.1, 0.15) is 11.6 Å². The van der Waals surface area contributed by atoms with Crippen molar-refractivity contribution in [2.45, 2.75) is 19.4 Å². The molecule has 1 saturated carbocycles. The fourth-order valence-corrected chi connectivity index (χ4v) is 4.36. The number of aryl methyl sites for hydroxylation is 1. The summed E-state index contributed by atoms with van der Waals surface area (Å²) in [5.41, 5.74) is 1.81. The number of aromatic nitrogens is 2. The van der Waals surface area contributed by atoms with Crippen LogP contribution in [0.15, 0.2) is 53.3 Å². The molecule has 0 radical (unpaired) electrons. The number of H-pyrrole nitrogens is 1. The summed E-state index contributed by atoms with van der Waals surface area (Å²) < 4.78 is 15.6. The molecular weight excluding hydrogens is 437 g/mol. The van der Waals surface area contributed by atoms with E-state index < -0.39 is 28.7 Å². The van der Waals surface area contributed by atoms with E-state index in [1.165, 1.54) is 37.1 Å². The molecule has 5 rings (SSSR count). The van der Waals surface area contributed by atoms with Gasteiger partial charge in [-0.25, -0.2) is 9.18 Å². The standard InChI is InChI=1S/C26H24FN3O4/c1-30-19(13-28-12-14-2-3-14)11-17-10-16(6-9-20(17)30)23-21(15-4-7-18(27)8-5-15)24(31)22(26(33)34)25(32)29-23/h4-11,14,28H,2-3,12-13H2,1H3,(H,33,34)(H2,29,31,32). The summed E-state index contributed by atoms with van der Waals surface area (Å²) in [6.07, 6.45) is 2.57. The smallest absolute Gasteiger partial charge is 0.345 e.